The highest BCUT2D eigenvalue weighted by atomic mass is 16.5. The molecule has 6 nitrogen and oxygen atoms in total. The van der Waals surface area contributed by atoms with Crippen molar-refractivity contribution < 1.29 is 9.53 Å². The van der Waals surface area contributed by atoms with Crippen LogP contribution in [0.1, 0.15) is 30.0 Å². The van der Waals surface area contributed by atoms with Crippen molar-refractivity contribution in [3.8, 4) is 5.75 Å². The van der Waals surface area contributed by atoms with E-state index < -0.39 is 0 Å². The standard InChI is InChI=1S/C14H18N4O2/c1-10(2)20-12-6-4-11(5-7-12)14(19)18(3)8-13-15-9-16-17-13/h4-7,9-10H,8H2,1-3H3,(H,15,16,17). The largest absolute Gasteiger partial charge is 0.491 e. The SMILES string of the molecule is CC(C)Oc1ccc(C(=O)N(C)Cc2ncn[nH]2)cc1. The molecule has 1 amide bonds. The van der Waals surface area contributed by atoms with Gasteiger partial charge in [-0.3, -0.25) is 9.89 Å². The lowest BCUT2D eigenvalue weighted by Gasteiger charge is -2.16. The maximum Gasteiger partial charge on any atom is 0.254 e. The molecule has 1 aromatic carbocycles. The summed E-state index contributed by atoms with van der Waals surface area (Å²) in [6, 6.07) is 7.12. The predicted octanol–water partition coefficient (Wildman–Crippen LogP) is 1.86. The minimum Gasteiger partial charge on any atom is -0.491 e. The number of carbonyl (C=O) groups excluding carboxylic acids is 1. The van der Waals surface area contributed by atoms with E-state index in [4.69, 9.17) is 4.74 Å². The number of aromatic nitrogens is 3. The third-order valence-corrected chi connectivity index (χ3v) is 2.67. The van der Waals surface area contributed by atoms with Gasteiger partial charge in [-0.2, -0.15) is 5.10 Å². The molecule has 0 radical (unpaired) electrons. The van der Waals surface area contributed by atoms with Crippen LogP contribution in [0.3, 0.4) is 0 Å². The number of hydrogen-bond donors (Lipinski definition) is 1. The Hall–Kier alpha value is -2.37. The van der Waals surface area contributed by atoms with Crippen LogP contribution in [-0.4, -0.2) is 39.1 Å². The highest BCUT2D eigenvalue weighted by Crippen LogP contribution is 2.15. The molecule has 2 aromatic rings. The first-order chi connectivity index (χ1) is 9.56. The van der Waals surface area contributed by atoms with E-state index in [1.54, 1.807) is 36.2 Å². The molecule has 0 aliphatic carbocycles. The third-order valence-electron chi connectivity index (χ3n) is 2.67. The third kappa shape index (κ3) is 3.57. The van der Waals surface area contributed by atoms with Gasteiger partial charge in [-0.15, -0.1) is 0 Å². The minimum absolute atomic E-state index is 0.0718. The summed E-state index contributed by atoms with van der Waals surface area (Å²) in [5, 5.41) is 6.49. The Morgan fingerprint density at radius 2 is 2.05 bits per heavy atom. The molecule has 0 aliphatic rings. The number of H-pyrrole nitrogens is 1. The van der Waals surface area contributed by atoms with Gasteiger partial charge in [0.2, 0.25) is 0 Å². The smallest absolute Gasteiger partial charge is 0.254 e. The first kappa shape index (κ1) is 14.0. The van der Waals surface area contributed by atoms with Gasteiger partial charge in [-0.25, -0.2) is 4.98 Å². The van der Waals surface area contributed by atoms with E-state index in [-0.39, 0.29) is 12.0 Å². The van der Waals surface area contributed by atoms with Crippen molar-refractivity contribution in [2.75, 3.05) is 7.05 Å². The highest BCUT2D eigenvalue weighted by Gasteiger charge is 2.13. The van der Waals surface area contributed by atoms with Crippen molar-refractivity contribution in [1.29, 1.82) is 0 Å². The average molecular weight is 274 g/mol. The van der Waals surface area contributed by atoms with Crippen molar-refractivity contribution in [3.05, 3.63) is 42.0 Å². The molecule has 0 fully saturated rings. The van der Waals surface area contributed by atoms with E-state index in [0.29, 0.717) is 17.9 Å². The number of hydrogen-bond acceptors (Lipinski definition) is 4. The maximum absolute atomic E-state index is 12.2. The normalized spacial score (nSPS) is 10.6. The van der Waals surface area contributed by atoms with E-state index in [0.717, 1.165) is 5.75 Å². The first-order valence-electron chi connectivity index (χ1n) is 6.42. The zero-order chi connectivity index (χ0) is 14.5. The molecular formula is C14H18N4O2. The number of benzene rings is 1. The maximum atomic E-state index is 12.2. The summed E-state index contributed by atoms with van der Waals surface area (Å²) in [5.74, 6) is 1.34. The molecule has 0 saturated carbocycles. The average Bonchev–Trinajstić information content (AvgIpc) is 2.91. The first-order valence-corrected chi connectivity index (χ1v) is 6.42. The molecule has 0 unspecified atom stereocenters. The summed E-state index contributed by atoms with van der Waals surface area (Å²) in [5.41, 5.74) is 0.614. The zero-order valence-corrected chi connectivity index (χ0v) is 11.8. The lowest BCUT2D eigenvalue weighted by molar-refractivity contribution is 0.0781. The molecule has 1 N–H and O–H groups in total. The quantitative estimate of drug-likeness (QED) is 0.903. The van der Waals surface area contributed by atoms with Crippen LogP contribution in [0.5, 0.6) is 5.75 Å². The molecule has 2 rings (SSSR count). The Bertz CT molecular complexity index is 549. The number of carbonyl (C=O) groups is 1. The molecule has 1 heterocycles. The van der Waals surface area contributed by atoms with Gasteiger partial charge in [0.25, 0.3) is 5.91 Å². The van der Waals surface area contributed by atoms with Crippen molar-refractivity contribution >= 4 is 5.91 Å². The number of nitrogens with zero attached hydrogens (tertiary/aromatic N) is 3. The van der Waals surface area contributed by atoms with Crippen LogP contribution in [0.4, 0.5) is 0 Å². The Morgan fingerprint density at radius 1 is 1.35 bits per heavy atom. The van der Waals surface area contributed by atoms with Gasteiger partial charge in [0.15, 0.2) is 0 Å². The molecular weight excluding hydrogens is 256 g/mol. The van der Waals surface area contributed by atoms with Crippen LogP contribution in [0.2, 0.25) is 0 Å². The van der Waals surface area contributed by atoms with Crippen LogP contribution in [0.25, 0.3) is 0 Å². The summed E-state index contributed by atoms with van der Waals surface area (Å²) in [4.78, 5) is 17.8. The molecule has 20 heavy (non-hydrogen) atoms. The number of nitrogens with one attached hydrogen (secondary N) is 1. The van der Waals surface area contributed by atoms with Gasteiger partial charge in [-0.1, -0.05) is 0 Å². The van der Waals surface area contributed by atoms with Crippen molar-refractivity contribution in [2.45, 2.75) is 26.5 Å². The summed E-state index contributed by atoms with van der Waals surface area (Å²) in [7, 11) is 1.73. The molecule has 0 saturated heterocycles. The monoisotopic (exact) mass is 274 g/mol. The fraction of sp³-hybridized carbons (Fsp3) is 0.357. The summed E-state index contributed by atoms with van der Waals surface area (Å²) in [6.07, 6.45) is 1.54. The zero-order valence-electron chi connectivity index (χ0n) is 11.8. The van der Waals surface area contributed by atoms with E-state index in [9.17, 15) is 4.79 Å². The molecule has 0 aliphatic heterocycles. The van der Waals surface area contributed by atoms with Crippen molar-refractivity contribution in [1.82, 2.24) is 20.1 Å². The van der Waals surface area contributed by atoms with E-state index in [1.165, 1.54) is 6.33 Å². The van der Waals surface area contributed by atoms with Gasteiger partial charge in [0.05, 0.1) is 12.6 Å². The van der Waals surface area contributed by atoms with E-state index in [2.05, 4.69) is 15.2 Å². The molecule has 0 spiro atoms. The van der Waals surface area contributed by atoms with Gasteiger partial charge >= 0.3 is 0 Å². The van der Waals surface area contributed by atoms with E-state index in [1.807, 2.05) is 13.8 Å². The fourth-order valence-electron chi connectivity index (χ4n) is 1.77. The summed E-state index contributed by atoms with van der Waals surface area (Å²) >= 11 is 0. The molecule has 6 heteroatoms. The number of ether oxygens (including phenoxy) is 1. The Balaban J connectivity index is 2.01. The van der Waals surface area contributed by atoms with Gasteiger partial charge in [0, 0.05) is 12.6 Å². The van der Waals surface area contributed by atoms with Crippen LogP contribution >= 0.6 is 0 Å². The second kappa shape index (κ2) is 6.18. The molecule has 0 bridgehead atoms. The lowest BCUT2D eigenvalue weighted by atomic mass is 10.2. The Labute approximate surface area is 117 Å². The fourth-order valence-corrected chi connectivity index (χ4v) is 1.77. The van der Waals surface area contributed by atoms with Crippen LogP contribution < -0.4 is 4.74 Å². The van der Waals surface area contributed by atoms with E-state index >= 15 is 0 Å². The number of amides is 1. The van der Waals surface area contributed by atoms with Gasteiger partial charge < -0.3 is 9.64 Å². The summed E-state index contributed by atoms with van der Waals surface area (Å²) in [6.45, 7) is 4.32. The second-order valence-electron chi connectivity index (χ2n) is 4.78. The Morgan fingerprint density at radius 3 is 2.60 bits per heavy atom. The number of aromatic amines is 1. The number of rotatable bonds is 5. The summed E-state index contributed by atoms with van der Waals surface area (Å²) < 4.78 is 5.55. The lowest BCUT2D eigenvalue weighted by Crippen LogP contribution is -2.26. The second-order valence-corrected chi connectivity index (χ2v) is 4.78. The van der Waals surface area contributed by atoms with Crippen molar-refractivity contribution in [2.24, 2.45) is 0 Å². The van der Waals surface area contributed by atoms with Crippen molar-refractivity contribution in [3.63, 3.8) is 0 Å². The van der Waals surface area contributed by atoms with Gasteiger partial charge in [0.1, 0.15) is 17.9 Å². The Kier molecular flexibility index (Phi) is 4.34. The molecule has 1 aromatic heterocycles. The minimum atomic E-state index is -0.0718. The topological polar surface area (TPSA) is 71.1 Å². The molecule has 0 atom stereocenters. The van der Waals surface area contributed by atoms with Crippen LogP contribution in [0, 0.1) is 0 Å². The predicted molar refractivity (Wildman–Crippen MR) is 74.4 cm³/mol. The molecule has 106 valence electrons. The van der Waals surface area contributed by atoms with Crippen LogP contribution in [0.15, 0.2) is 30.6 Å². The van der Waals surface area contributed by atoms with Gasteiger partial charge in [-0.05, 0) is 38.1 Å². The van der Waals surface area contributed by atoms with Crippen LogP contribution in [-0.2, 0) is 6.54 Å². The highest BCUT2D eigenvalue weighted by molar-refractivity contribution is 5.94.